The first-order valence-corrected chi connectivity index (χ1v) is 8.03. The van der Waals surface area contributed by atoms with E-state index >= 15 is 0 Å². The lowest BCUT2D eigenvalue weighted by molar-refractivity contribution is -0.116. The van der Waals surface area contributed by atoms with Crippen molar-refractivity contribution in [3.8, 4) is 0 Å². The summed E-state index contributed by atoms with van der Waals surface area (Å²) >= 11 is 0. The van der Waals surface area contributed by atoms with E-state index in [-0.39, 0.29) is 24.9 Å². The number of rotatable bonds is 5. The van der Waals surface area contributed by atoms with Crippen molar-refractivity contribution in [2.24, 2.45) is 7.05 Å². The highest BCUT2D eigenvalue weighted by atomic mass is 16.5. The third kappa shape index (κ3) is 3.79. The molecular formula is C16H19N7O3. The molecule has 0 saturated carbocycles. The molecule has 2 N–H and O–H groups in total. The number of hydrogen-bond donors (Lipinski definition) is 2. The van der Waals surface area contributed by atoms with E-state index in [1.165, 1.54) is 10.9 Å². The zero-order valence-electron chi connectivity index (χ0n) is 14.7. The van der Waals surface area contributed by atoms with Gasteiger partial charge in [0, 0.05) is 12.7 Å². The minimum atomic E-state index is -0.622. The summed E-state index contributed by atoms with van der Waals surface area (Å²) in [6.45, 7) is 3.83. The molecule has 0 bridgehead atoms. The molecule has 0 aliphatic rings. The van der Waals surface area contributed by atoms with Crippen LogP contribution in [-0.2, 0) is 23.1 Å². The van der Waals surface area contributed by atoms with Gasteiger partial charge in [-0.3, -0.25) is 10.1 Å². The van der Waals surface area contributed by atoms with Crippen LogP contribution in [0.15, 0.2) is 24.4 Å². The Morgan fingerprint density at radius 3 is 2.85 bits per heavy atom. The van der Waals surface area contributed by atoms with Crippen LogP contribution in [0.25, 0.3) is 11.0 Å². The van der Waals surface area contributed by atoms with Crippen molar-refractivity contribution in [1.29, 1.82) is 0 Å². The van der Waals surface area contributed by atoms with Gasteiger partial charge in [0.05, 0.1) is 23.8 Å². The van der Waals surface area contributed by atoms with Crippen molar-refractivity contribution >= 4 is 34.5 Å². The second-order valence-electron chi connectivity index (χ2n) is 5.62. The number of aryl methyl sites for hydroxylation is 2. The Balaban J connectivity index is 1.62. The first-order chi connectivity index (χ1) is 12.5. The van der Waals surface area contributed by atoms with Gasteiger partial charge in [0.25, 0.3) is 0 Å². The molecule has 10 heteroatoms. The Labute approximate surface area is 149 Å². The molecule has 0 fully saturated rings. The number of ether oxygens (including phenoxy) is 1. The molecule has 0 radical (unpaired) electrons. The molecule has 2 heterocycles. The van der Waals surface area contributed by atoms with Gasteiger partial charge in [0.2, 0.25) is 5.91 Å². The number of carbonyl (C=O) groups excluding carboxylic acids is 2. The number of nitrogens with zero attached hydrogens (tertiary/aromatic N) is 5. The predicted octanol–water partition coefficient (Wildman–Crippen LogP) is 1.68. The highest BCUT2D eigenvalue weighted by Gasteiger charge is 2.10. The number of hydrogen-bond acceptors (Lipinski definition) is 6. The molecule has 3 rings (SSSR count). The molecule has 0 aliphatic heterocycles. The van der Waals surface area contributed by atoms with Crippen molar-refractivity contribution in [3.05, 3.63) is 30.2 Å². The Kier molecular flexibility index (Phi) is 4.83. The van der Waals surface area contributed by atoms with E-state index in [4.69, 9.17) is 4.74 Å². The van der Waals surface area contributed by atoms with Gasteiger partial charge < -0.3 is 14.6 Å². The molecule has 0 unspecified atom stereocenters. The summed E-state index contributed by atoms with van der Waals surface area (Å²) in [7, 11) is 1.94. The number of nitrogens with one attached hydrogen (secondary N) is 2. The minimum Gasteiger partial charge on any atom is -0.450 e. The van der Waals surface area contributed by atoms with E-state index in [1.54, 1.807) is 6.92 Å². The normalized spacial score (nSPS) is 10.7. The number of imidazole rings is 1. The van der Waals surface area contributed by atoms with Crippen molar-refractivity contribution in [3.63, 3.8) is 0 Å². The lowest BCUT2D eigenvalue weighted by atomic mass is 10.2. The van der Waals surface area contributed by atoms with E-state index in [2.05, 4.69) is 25.9 Å². The zero-order valence-corrected chi connectivity index (χ0v) is 14.7. The maximum atomic E-state index is 12.2. The van der Waals surface area contributed by atoms with Gasteiger partial charge >= 0.3 is 6.09 Å². The topological polar surface area (TPSA) is 116 Å². The fourth-order valence-electron chi connectivity index (χ4n) is 2.45. The van der Waals surface area contributed by atoms with E-state index in [0.29, 0.717) is 5.69 Å². The highest BCUT2D eigenvalue weighted by Crippen LogP contribution is 2.19. The van der Waals surface area contributed by atoms with E-state index in [1.807, 2.05) is 36.7 Å². The number of fused-ring (bicyclic) bond motifs is 1. The first kappa shape index (κ1) is 17.4. The van der Waals surface area contributed by atoms with Gasteiger partial charge in [0.15, 0.2) is 5.82 Å². The van der Waals surface area contributed by atoms with Gasteiger partial charge in [-0.15, -0.1) is 5.10 Å². The van der Waals surface area contributed by atoms with Crippen LogP contribution in [0.4, 0.5) is 16.3 Å². The predicted molar refractivity (Wildman–Crippen MR) is 94.7 cm³/mol. The standard InChI is InChI=1S/C16H19N7O3/c1-4-26-16(25)19-14-8-23(21-20-14)9-15(24)18-11-5-6-13-12(7-11)17-10(2)22(13)3/h5-8H,4,9H2,1-3H3,(H,18,24)(H,19,25). The number of benzene rings is 1. The summed E-state index contributed by atoms with van der Waals surface area (Å²) in [5.74, 6) is 0.832. The van der Waals surface area contributed by atoms with Crippen molar-refractivity contribution < 1.29 is 14.3 Å². The minimum absolute atomic E-state index is 0.0449. The largest absolute Gasteiger partial charge is 0.450 e. The molecule has 10 nitrogen and oxygen atoms in total. The number of aromatic nitrogens is 5. The van der Waals surface area contributed by atoms with E-state index in [9.17, 15) is 9.59 Å². The average Bonchev–Trinajstić information content (AvgIpc) is 3.12. The van der Waals surface area contributed by atoms with Crippen LogP contribution in [0.5, 0.6) is 0 Å². The number of amides is 2. The fourth-order valence-corrected chi connectivity index (χ4v) is 2.45. The van der Waals surface area contributed by atoms with Gasteiger partial charge in [-0.25, -0.2) is 14.5 Å². The third-order valence-electron chi connectivity index (χ3n) is 3.74. The quantitative estimate of drug-likeness (QED) is 0.718. The summed E-state index contributed by atoms with van der Waals surface area (Å²) in [5.41, 5.74) is 2.45. The summed E-state index contributed by atoms with van der Waals surface area (Å²) in [5, 5.41) is 12.8. The maximum absolute atomic E-state index is 12.2. The Morgan fingerprint density at radius 2 is 2.08 bits per heavy atom. The zero-order chi connectivity index (χ0) is 18.7. The van der Waals surface area contributed by atoms with E-state index < -0.39 is 6.09 Å². The molecule has 2 amide bonds. The summed E-state index contributed by atoms with van der Waals surface area (Å²) in [4.78, 5) is 27.9. The van der Waals surface area contributed by atoms with Gasteiger partial charge in [0.1, 0.15) is 12.4 Å². The van der Waals surface area contributed by atoms with Crippen LogP contribution in [-0.4, -0.2) is 43.2 Å². The van der Waals surface area contributed by atoms with Gasteiger partial charge in [-0.1, -0.05) is 5.21 Å². The molecule has 3 aromatic rings. The van der Waals surface area contributed by atoms with Gasteiger partial charge in [-0.05, 0) is 32.0 Å². The van der Waals surface area contributed by atoms with E-state index in [0.717, 1.165) is 16.9 Å². The number of carbonyl (C=O) groups is 2. The Morgan fingerprint density at radius 1 is 1.27 bits per heavy atom. The number of anilines is 2. The molecule has 0 saturated heterocycles. The van der Waals surface area contributed by atoms with Crippen LogP contribution in [0.2, 0.25) is 0 Å². The molecule has 0 atom stereocenters. The SMILES string of the molecule is CCOC(=O)Nc1cn(CC(=O)Nc2ccc3c(c2)nc(C)n3C)nn1. The Hall–Kier alpha value is -3.43. The van der Waals surface area contributed by atoms with Crippen LogP contribution >= 0.6 is 0 Å². The molecule has 2 aromatic heterocycles. The molecular weight excluding hydrogens is 338 g/mol. The average molecular weight is 357 g/mol. The second kappa shape index (κ2) is 7.21. The molecule has 26 heavy (non-hydrogen) atoms. The van der Waals surface area contributed by atoms with Crippen molar-refractivity contribution in [1.82, 2.24) is 24.5 Å². The van der Waals surface area contributed by atoms with Crippen LogP contribution < -0.4 is 10.6 Å². The second-order valence-corrected chi connectivity index (χ2v) is 5.62. The highest BCUT2D eigenvalue weighted by molar-refractivity contribution is 5.93. The van der Waals surface area contributed by atoms with Gasteiger partial charge in [-0.2, -0.15) is 0 Å². The van der Waals surface area contributed by atoms with Crippen molar-refractivity contribution in [2.75, 3.05) is 17.2 Å². The molecule has 0 aliphatic carbocycles. The van der Waals surface area contributed by atoms with Crippen molar-refractivity contribution in [2.45, 2.75) is 20.4 Å². The summed E-state index contributed by atoms with van der Waals surface area (Å²) < 4.78 is 8.05. The Bertz CT molecular complexity index is 960. The molecule has 136 valence electrons. The third-order valence-corrected chi connectivity index (χ3v) is 3.74. The lowest BCUT2D eigenvalue weighted by Crippen LogP contribution is -2.19. The summed E-state index contributed by atoms with van der Waals surface area (Å²) in [6.07, 6.45) is 0.824. The van der Waals surface area contributed by atoms with Crippen LogP contribution in [0, 0.1) is 6.92 Å². The first-order valence-electron chi connectivity index (χ1n) is 8.03. The lowest BCUT2D eigenvalue weighted by Gasteiger charge is -2.05. The van der Waals surface area contributed by atoms with Crippen LogP contribution in [0.3, 0.4) is 0 Å². The smallest absolute Gasteiger partial charge is 0.412 e. The molecule has 1 aromatic carbocycles. The summed E-state index contributed by atoms with van der Waals surface area (Å²) in [6, 6.07) is 5.54. The van der Waals surface area contributed by atoms with Crippen LogP contribution in [0.1, 0.15) is 12.7 Å². The fraction of sp³-hybridized carbons (Fsp3) is 0.312. The monoisotopic (exact) mass is 357 g/mol. The maximum Gasteiger partial charge on any atom is 0.412 e. The molecule has 0 spiro atoms.